The third-order valence-corrected chi connectivity index (χ3v) is 4.26. The van der Waals surface area contributed by atoms with E-state index in [2.05, 4.69) is 10.6 Å². The van der Waals surface area contributed by atoms with Crippen LogP contribution in [-0.4, -0.2) is 31.6 Å². The molecular formula is C22H20N2O6. The average Bonchev–Trinajstić information content (AvgIpc) is 3.20. The fourth-order valence-electron chi connectivity index (χ4n) is 2.82. The first kappa shape index (κ1) is 19.4. The maximum absolute atomic E-state index is 12.2. The molecule has 2 aromatic carbocycles. The highest BCUT2D eigenvalue weighted by molar-refractivity contribution is 6.02. The summed E-state index contributed by atoms with van der Waals surface area (Å²) in [6.45, 7) is 1.02. The van der Waals surface area contributed by atoms with Crippen molar-refractivity contribution < 1.29 is 28.2 Å². The number of hydrogen-bond donors (Lipinski definition) is 2. The SMILES string of the molecule is O=C(COc1ccc(NC(=O)c2ccco2)cc1)Nc1ccc2c(c1)OCCCO2. The second kappa shape index (κ2) is 9.04. The van der Waals surface area contributed by atoms with Gasteiger partial charge in [-0.2, -0.15) is 0 Å². The van der Waals surface area contributed by atoms with Crippen molar-refractivity contribution >= 4 is 23.2 Å². The lowest BCUT2D eigenvalue weighted by Gasteiger charge is -2.11. The summed E-state index contributed by atoms with van der Waals surface area (Å²) >= 11 is 0. The number of benzene rings is 2. The van der Waals surface area contributed by atoms with Gasteiger partial charge in [-0.15, -0.1) is 0 Å². The monoisotopic (exact) mass is 408 g/mol. The molecule has 2 N–H and O–H groups in total. The van der Waals surface area contributed by atoms with Gasteiger partial charge in [0.1, 0.15) is 5.75 Å². The van der Waals surface area contributed by atoms with Gasteiger partial charge < -0.3 is 29.3 Å². The van der Waals surface area contributed by atoms with Gasteiger partial charge in [-0.3, -0.25) is 9.59 Å². The van der Waals surface area contributed by atoms with Crippen molar-refractivity contribution in [3.05, 3.63) is 66.6 Å². The molecule has 0 unspecified atom stereocenters. The zero-order valence-electron chi connectivity index (χ0n) is 16.1. The Kier molecular flexibility index (Phi) is 5.84. The standard InChI is InChI=1S/C22H20N2O6/c25-21(23-16-6-9-18-20(13-16)29-12-2-11-27-18)14-30-17-7-4-15(5-8-17)24-22(26)19-3-1-10-28-19/h1,3-10,13H,2,11-12,14H2,(H,23,25)(H,24,26). The molecule has 154 valence electrons. The van der Waals surface area contributed by atoms with E-state index in [-0.39, 0.29) is 24.2 Å². The van der Waals surface area contributed by atoms with Crippen LogP contribution in [0.4, 0.5) is 11.4 Å². The predicted octanol–water partition coefficient (Wildman–Crippen LogP) is 3.71. The summed E-state index contributed by atoms with van der Waals surface area (Å²) in [5.74, 6) is 1.35. The van der Waals surface area contributed by atoms with E-state index in [4.69, 9.17) is 18.6 Å². The van der Waals surface area contributed by atoms with Gasteiger partial charge in [0, 0.05) is 23.9 Å². The minimum atomic E-state index is -0.344. The molecule has 0 spiro atoms. The van der Waals surface area contributed by atoms with Crippen LogP contribution in [0.2, 0.25) is 0 Å². The Bertz CT molecular complexity index is 1010. The van der Waals surface area contributed by atoms with Gasteiger partial charge >= 0.3 is 0 Å². The van der Waals surface area contributed by atoms with Gasteiger partial charge in [0.2, 0.25) is 0 Å². The van der Waals surface area contributed by atoms with E-state index in [0.29, 0.717) is 41.8 Å². The molecule has 0 aliphatic carbocycles. The Morgan fingerprint density at radius 3 is 2.43 bits per heavy atom. The molecule has 3 aromatic rings. The Morgan fingerprint density at radius 2 is 1.67 bits per heavy atom. The fraction of sp³-hybridized carbons (Fsp3) is 0.182. The summed E-state index contributed by atoms with van der Waals surface area (Å²) in [6.07, 6.45) is 2.25. The van der Waals surface area contributed by atoms with E-state index in [1.54, 1.807) is 54.6 Å². The van der Waals surface area contributed by atoms with E-state index >= 15 is 0 Å². The molecule has 0 bridgehead atoms. The number of ether oxygens (including phenoxy) is 3. The van der Waals surface area contributed by atoms with Crippen LogP contribution in [-0.2, 0) is 4.79 Å². The summed E-state index contributed by atoms with van der Waals surface area (Å²) in [4.78, 5) is 24.1. The normalized spacial score (nSPS) is 12.5. The summed E-state index contributed by atoms with van der Waals surface area (Å²) in [5, 5.41) is 5.48. The van der Waals surface area contributed by atoms with Gasteiger partial charge in [0.25, 0.3) is 11.8 Å². The number of nitrogens with one attached hydrogen (secondary N) is 2. The maximum atomic E-state index is 12.2. The molecule has 30 heavy (non-hydrogen) atoms. The quantitative estimate of drug-likeness (QED) is 0.645. The molecule has 1 aliphatic rings. The largest absolute Gasteiger partial charge is 0.490 e. The lowest BCUT2D eigenvalue weighted by atomic mass is 10.2. The average molecular weight is 408 g/mol. The number of rotatable bonds is 6. The van der Waals surface area contributed by atoms with Crippen LogP contribution in [0.1, 0.15) is 17.0 Å². The Balaban J connectivity index is 1.27. The highest BCUT2D eigenvalue weighted by atomic mass is 16.5. The third-order valence-electron chi connectivity index (χ3n) is 4.26. The molecular weight excluding hydrogens is 388 g/mol. The van der Waals surface area contributed by atoms with E-state index in [9.17, 15) is 9.59 Å². The highest BCUT2D eigenvalue weighted by Gasteiger charge is 2.12. The highest BCUT2D eigenvalue weighted by Crippen LogP contribution is 2.32. The minimum absolute atomic E-state index is 0.160. The minimum Gasteiger partial charge on any atom is -0.490 e. The van der Waals surface area contributed by atoms with Crippen molar-refractivity contribution in [3.8, 4) is 17.2 Å². The number of furan rings is 1. The smallest absolute Gasteiger partial charge is 0.291 e. The number of fused-ring (bicyclic) bond motifs is 1. The number of carbonyl (C=O) groups is 2. The number of amides is 2. The molecule has 1 aromatic heterocycles. The van der Waals surface area contributed by atoms with Crippen LogP contribution in [0.5, 0.6) is 17.2 Å². The van der Waals surface area contributed by atoms with Crippen LogP contribution < -0.4 is 24.8 Å². The number of carbonyl (C=O) groups excluding carboxylic acids is 2. The molecule has 1 aliphatic heterocycles. The molecule has 0 atom stereocenters. The van der Waals surface area contributed by atoms with Crippen LogP contribution in [0, 0.1) is 0 Å². The second-order valence-electron chi connectivity index (χ2n) is 6.50. The lowest BCUT2D eigenvalue weighted by Crippen LogP contribution is -2.20. The number of hydrogen-bond acceptors (Lipinski definition) is 6. The first-order valence-corrected chi connectivity index (χ1v) is 9.44. The maximum Gasteiger partial charge on any atom is 0.291 e. The van der Waals surface area contributed by atoms with Crippen LogP contribution >= 0.6 is 0 Å². The molecule has 8 heteroatoms. The first-order valence-electron chi connectivity index (χ1n) is 9.44. The van der Waals surface area contributed by atoms with Gasteiger partial charge in [-0.1, -0.05) is 0 Å². The Morgan fingerprint density at radius 1 is 0.900 bits per heavy atom. The van der Waals surface area contributed by atoms with Gasteiger partial charge in [0.15, 0.2) is 23.9 Å². The van der Waals surface area contributed by atoms with Crippen molar-refractivity contribution in [2.45, 2.75) is 6.42 Å². The van der Waals surface area contributed by atoms with E-state index < -0.39 is 0 Å². The molecule has 0 fully saturated rings. The summed E-state index contributed by atoms with van der Waals surface area (Å²) in [7, 11) is 0. The van der Waals surface area contributed by atoms with Crippen molar-refractivity contribution in [1.82, 2.24) is 0 Å². The van der Waals surface area contributed by atoms with Crippen molar-refractivity contribution in [1.29, 1.82) is 0 Å². The summed E-state index contributed by atoms with van der Waals surface area (Å²) in [6, 6.07) is 15.2. The topological polar surface area (TPSA) is 99.0 Å². The van der Waals surface area contributed by atoms with Gasteiger partial charge in [-0.25, -0.2) is 0 Å². The molecule has 0 saturated carbocycles. The Labute approximate surface area is 172 Å². The summed E-state index contributed by atoms with van der Waals surface area (Å²) in [5.41, 5.74) is 1.18. The van der Waals surface area contributed by atoms with E-state index in [1.807, 2.05) is 0 Å². The van der Waals surface area contributed by atoms with E-state index in [1.165, 1.54) is 6.26 Å². The second-order valence-corrected chi connectivity index (χ2v) is 6.50. The van der Waals surface area contributed by atoms with Crippen LogP contribution in [0.15, 0.2) is 65.3 Å². The number of anilines is 2. The van der Waals surface area contributed by atoms with Crippen molar-refractivity contribution in [2.75, 3.05) is 30.5 Å². The predicted molar refractivity (Wildman–Crippen MR) is 109 cm³/mol. The molecule has 4 rings (SSSR count). The third kappa shape index (κ3) is 4.91. The Hall–Kier alpha value is -3.94. The van der Waals surface area contributed by atoms with Gasteiger partial charge in [0.05, 0.1) is 19.5 Å². The molecule has 0 saturated heterocycles. The lowest BCUT2D eigenvalue weighted by molar-refractivity contribution is -0.118. The van der Waals surface area contributed by atoms with Crippen LogP contribution in [0.25, 0.3) is 0 Å². The summed E-state index contributed by atoms with van der Waals surface area (Å²) < 4.78 is 21.7. The van der Waals surface area contributed by atoms with Crippen LogP contribution in [0.3, 0.4) is 0 Å². The van der Waals surface area contributed by atoms with Gasteiger partial charge in [-0.05, 0) is 48.5 Å². The zero-order chi connectivity index (χ0) is 20.8. The molecule has 0 radical (unpaired) electrons. The molecule has 8 nitrogen and oxygen atoms in total. The van der Waals surface area contributed by atoms with Crippen molar-refractivity contribution in [2.24, 2.45) is 0 Å². The molecule has 2 amide bonds. The zero-order valence-corrected chi connectivity index (χ0v) is 16.1. The van der Waals surface area contributed by atoms with Crippen molar-refractivity contribution in [3.63, 3.8) is 0 Å². The first-order chi connectivity index (χ1) is 14.7. The fourth-order valence-corrected chi connectivity index (χ4v) is 2.82. The van der Waals surface area contributed by atoms with E-state index in [0.717, 1.165) is 6.42 Å². The molecule has 2 heterocycles.